The van der Waals surface area contributed by atoms with E-state index in [2.05, 4.69) is 5.32 Å². The summed E-state index contributed by atoms with van der Waals surface area (Å²) in [7, 11) is 1.62. The van der Waals surface area contributed by atoms with Crippen LogP contribution in [0.15, 0.2) is 48.5 Å². The van der Waals surface area contributed by atoms with E-state index in [-0.39, 0.29) is 12.7 Å². The molecule has 0 aromatic heterocycles. The first kappa shape index (κ1) is 18.3. The van der Waals surface area contributed by atoms with Gasteiger partial charge < -0.3 is 19.5 Å². The Morgan fingerprint density at radius 3 is 2.63 bits per heavy atom. The lowest BCUT2D eigenvalue weighted by molar-refractivity contribution is -0.111. The standard InChI is InChI=1S/C20H20N2O5/c1-3-25-20(24)22(2)16-8-6-15(7-9-16)21-19(23)11-5-14-4-10-17-18(12-14)27-13-26-17/h4-12H,3,13H2,1-2H3,(H,21,23). The molecule has 2 aromatic carbocycles. The number of rotatable bonds is 5. The van der Waals surface area contributed by atoms with Crippen LogP contribution in [0, 0.1) is 0 Å². The fourth-order valence-corrected chi connectivity index (χ4v) is 2.47. The molecule has 1 N–H and O–H groups in total. The van der Waals surface area contributed by atoms with E-state index in [1.807, 2.05) is 12.1 Å². The summed E-state index contributed by atoms with van der Waals surface area (Å²) >= 11 is 0. The second-order valence-corrected chi connectivity index (χ2v) is 5.74. The molecule has 27 heavy (non-hydrogen) atoms. The zero-order chi connectivity index (χ0) is 19.2. The molecule has 0 fully saturated rings. The number of fused-ring (bicyclic) bond motifs is 1. The number of ether oxygens (including phenoxy) is 3. The minimum Gasteiger partial charge on any atom is -0.454 e. The zero-order valence-corrected chi connectivity index (χ0v) is 15.1. The van der Waals surface area contributed by atoms with Crippen LogP contribution in [0.25, 0.3) is 6.08 Å². The molecule has 1 aliphatic rings. The first-order valence-corrected chi connectivity index (χ1v) is 8.46. The molecule has 0 radical (unpaired) electrons. The maximum absolute atomic E-state index is 12.1. The predicted molar refractivity (Wildman–Crippen MR) is 102 cm³/mol. The Bertz CT molecular complexity index is 861. The van der Waals surface area contributed by atoms with E-state index in [0.29, 0.717) is 29.5 Å². The molecule has 2 amide bonds. The smallest absolute Gasteiger partial charge is 0.413 e. The lowest BCUT2D eigenvalue weighted by Crippen LogP contribution is -2.26. The van der Waals surface area contributed by atoms with E-state index in [4.69, 9.17) is 14.2 Å². The van der Waals surface area contributed by atoms with Crippen molar-refractivity contribution in [2.75, 3.05) is 30.7 Å². The third-order valence-electron chi connectivity index (χ3n) is 3.89. The molecule has 0 atom stereocenters. The molecular weight excluding hydrogens is 348 g/mol. The summed E-state index contributed by atoms with van der Waals surface area (Å²) in [6.45, 7) is 2.28. The topological polar surface area (TPSA) is 77.1 Å². The summed E-state index contributed by atoms with van der Waals surface area (Å²) in [5.41, 5.74) is 2.12. The van der Waals surface area contributed by atoms with Gasteiger partial charge in [0.05, 0.1) is 6.61 Å². The van der Waals surface area contributed by atoms with Crippen LogP contribution >= 0.6 is 0 Å². The lowest BCUT2D eigenvalue weighted by atomic mass is 10.2. The zero-order valence-electron chi connectivity index (χ0n) is 15.1. The van der Waals surface area contributed by atoms with Crippen LogP contribution in [-0.2, 0) is 9.53 Å². The Kier molecular flexibility index (Phi) is 5.61. The van der Waals surface area contributed by atoms with Gasteiger partial charge in [-0.05, 0) is 55.0 Å². The van der Waals surface area contributed by atoms with Crippen molar-refractivity contribution in [2.45, 2.75) is 6.92 Å². The molecular formula is C20H20N2O5. The van der Waals surface area contributed by atoms with Gasteiger partial charge in [0.2, 0.25) is 12.7 Å². The lowest BCUT2D eigenvalue weighted by Gasteiger charge is -2.16. The van der Waals surface area contributed by atoms with E-state index >= 15 is 0 Å². The second kappa shape index (κ2) is 8.27. The number of hydrogen-bond acceptors (Lipinski definition) is 5. The monoisotopic (exact) mass is 368 g/mol. The molecule has 140 valence electrons. The van der Waals surface area contributed by atoms with Crippen LogP contribution in [-0.4, -0.2) is 32.4 Å². The Morgan fingerprint density at radius 2 is 1.89 bits per heavy atom. The molecule has 0 saturated heterocycles. The molecule has 0 unspecified atom stereocenters. The van der Waals surface area contributed by atoms with E-state index in [1.54, 1.807) is 50.4 Å². The number of carbonyl (C=O) groups excluding carboxylic acids is 2. The first-order valence-electron chi connectivity index (χ1n) is 8.46. The number of nitrogens with zero attached hydrogens (tertiary/aromatic N) is 1. The summed E-state index contributed by atoms with van der Waals surface area (Å²) in [5, 5.41) is 2.77. The molecule has 1 aliphatic heterocycles. The molecule has 0 spiro atoms. The van der Waals surface area contributed by atoms with Crippen molar-refractivity contribution in [1.29, 1.82) is 0 Å². The van der Waals surface area contributed by atoms with Crippen LogP contribution in [0.5, 0.6) is 11.5 Å². The van der Waals surface area contributed by atoms with Gasteiger partial charge in [-0.25, -0.2) is 4.79 Å². The van der Waals surface area contributed by atoms with Gasteiger partial charge in [0, 0.05) is 24.5 Å². The quantitative estimate of drug-likeness (QED) is 0.815. The number of carbonyl (C=O) groups is 2. The van der Waals surface area contributed by atoms with Crippen LogP contribution in [0.1, 0.15) is 12.5 Å². The summed E-state index contributed by atoms with van der Waals surface area (Å²) in [5.74, 6) is 1.10. The van der Waals surface area contributed by atoms with Crippen LogP contribution < -0.4 is 19.7 Å². The molecule has 0 saturated carbocycles. The number of hydrogen-bond donors (Lipinski definition) is 1. The molecule has 0 bridgehead atoms. The Morgan fingerprint density at radius 1 is 1.15 bits per heavy atom. The van der Waals surface area contributed by atoms with Gasteiger partial charge in [-0.15, -0.1) is 0 Å². The van der Waals surface area contributed by atoms with Gasteiger partial charge in [-0.2, -0.15) is 0 Å². The maximum atomic E-state index is 12.1. The number of anilines is 2. The van der Waals surface area contributed by atoms with Gasteiger partial charge in [0.15, 0.2) is 11.5 Å². The van der Waals surface area contributed by atoms with E-state index in [9.17, 15) is 9.59 Å². The average molecular weight is 368 g/mol. The Hall–Kier alpha value is -3.48. The predicted octanol–water partition coefficient (Wildman–Crippen LogP) is 3.66. The maximum Gasteiger partial charge on any atom is 0.413 e. The molecule has 7 nitrogen and oxygen atoms in total. The van der Waals surface area contributed by atoms with Crippen molar-refractivity contribution in [1.82, 2.24) is 0 Å². The second-order valence-electron chi connectivity index (χ2n) is 5.74. The molecule has 3 rings (SSSR count). The first-order chi connectivity index (χ1) is 13.1. The minimum atomic E-state index is -0.430. The number of nitrogens with one attached hydrogen (secondary N) is 1. The molecule has 0 aliphatic carbocycles. The summed E-state index contributed by atoms with van der Waals surface area (Å²) in [6, 6.07) is 12.4. The number of benzene rings is 2. The Labute approximate surface area is 157 Å². The average Bonchev–Trinajstić information content (AvgIpc) is 3.14. The summed E-state index contributed by atoms with van der Waals surface area (Å²) in [4.78, 5) is 25.2. The Balaban J connectivity index is 1.58. The third kappa shape index (κ3) is 4.58. The van der Waals surface area contributed by atoms with Crippen molar-refractivity contribution in [3.8, 4) is 11.5 Å². The van der Waals surface area contributed by atoms with Crippen molar-refractivity contribution in [3.63, 3.8) is 0 Å². The van der Waals surface area contributed by atoms with Crippen molar-refractivity contribution in [3.05, 3.63) is 54.1 Å². The molecule has 1 heterocycles. The van der Waals surface area contributed by atoms with Crippen LogP contribution in [0.4, 0.5) is 16.2 Å². The fourth-order valence-electron chi connectivity index (χ4n) is 2.47. The minimum absolute atomic E-state index is 0.213. The number of amides is 2. The van der Waals surface area contributed by atoms with Crippen LogP contribution in [0.3, 0.4) is 0 Å². The van der Waals surface area contributed by atoms with Crippen molar-refractivity contribution in [2.24, 2.45) is 0 Å². The SMILES string of the molecule is CCOC(=O)N(C)c1ccc(NC(=O)C=Cc2ccc3c(c2)OCO3)cc1. The van der Waals surface area contributed by atoms with E-state index in [0.717, 1.165) is 5.56 Å². The van der Waals surface area contributed by atoms with Gasteiger partial charge >= 0.3 is 6.09 Å². The normalized spacial score (nSPS) is 12.1. The summed E-state index contributed by atoms with van der Waals surface area (Å²) in [6.07, 6.45) is 2.71. The highest BCUT2D eigenvalue weighted by Gasteiger charge is 2.13. The van der Waals surface area contributed by atoms with E-state index in [1.165, 1.54) is 11.0 Å². The molecule has 2 aromatic rings. The van der Waals surface area contributed by atoms with Gasteiger partial charge in [0.1, 0.15) is 0 Å². The van der Waals surface area contributed by atoms with Gasteiger partial charge in [-0.1, -0.05) is 6.07 Å². The van der Waals surface area contributed by atoms with Gasteiger partial charge in [-0.3, -0.25) is 9.69 Å². The van der Waals surface area contributed by atoms with Crippen molar-refractivity contribution < 1.29 is 23.8 Å². The third-order valence-corrected chi connectivity index (χ3v) is 3.89. The van der Waals surface area contributed by atoms with Gasteiger partial charge in [0.25, 0.3) is 0 Å². The highest BCUT2D eigenvalue weighted by atomic mass is 16.7. The largest absolute Gasteiger partial charge is 0.454 e. The summed E-state index contributed by atoms with van der Waals surface area (Å²) < 4.78 is 15.5. The fraction of sp³-hybridized carbons (Fsp3) is 0.200. The highest BCUT2D eigenvalue weighted by Crippen LogP contribution is 2.32. The van der Waals surface area contributed by atoms with Crippen molar-refractivity contribution >= 4 is 29.5 Å². The highest BCUT2D eigenvalue weighted by molar-refractivity contribution is 6.02. The molecule has 7 heteroatoms. The van der Waals surface area contributed by atoms with E-state index < -0.39 is 6.09 Å². The van der Waals surface area contributed by atoms with Crippen LogP contribution in [0.2, 0.25) is 0 Å².